The predicted octanol–water partition coefficient (Wildman–Crippen LogP) is 2.73. The van der Waals surface area contributed by atoms with Crippen molar-refractivity contribution < 1.29 is 170 Å². The van der Waals surface area contributed by atoms with Gasteiger partial charge in [0.1, 0.15) is 82.0 Å². The van der Waals surface area contributed by atoms with Gasteiger partial charge in [-0.25, -0.2) is 50.5 Å². The lowest BCUT2D eigenvalue weighted by Gasteiger charge is -2.61. The lowest BCUT2D eigenvalue weighted by atomic mass is 9.46. The zero-order chi connectivity index (χ0) is 88.3. The van der Waals surface area contributed by atoms with Crippen molar-refractivity contribution in [2.45, 2.75) is 242 Å². The van der Waals surface area contributed by atoms with Gasteiger partial charge in [-0.3, -0.25) is 47.9 Å². The summed E-state index contributed by atoms with van der Waals surface area (Å²) in [5.41, 5.74) is -5.42. The van der Waals surface area contributed by atoms with Crippen LogP contribution in [0.1, 0.15) is 225 Å². The van der Waals surface area contributed by atoms with Gasteiger partial charge in [-0.15, -0.1) is 0 Å². The molecule has 3 N–H and O–H groups in total. The Labute approximate surface area is 699 Å². The number of hydrogen-bond donors (Lipinski definition) is 3. The molecule has 18 bridgehead atoms. The molecule has 0 aromatic carbocycles. The van der Waals surface area contributed by atoms with Crippen LogP contribution < -0.4 is 0 Å². The van der Waals surface area contributed by atoms with Gasteiger partial charge < -0.3 is 71.1 Å². The highest BCUT2D eigenvalue weighted by Crippen LogP contribution is 2.66. The van der Waals surface area contributed by atoms with Crippen molar-refractivity contribution >= 4 is 120 Å². The highest BCUT2D eigenvalue weighted by molar-refractivity contribution is 7.86. The number of fused-ring (bicyclic) bond motifs is 2. The first-order valence-electron chi connectivity index (χ1n) is 41.4. The van der Waals surface area contributed by atoms with Gasteiger partial charge in [0.2, 0.25) is 0 Å². The molecule has 0 radical (unpaired) electrons. The lowest BCUT2D eigenvalue weighted by molar-refractivity contribution is -0.237. The summed E-state index contributed by atoms with van der Waals surface area (Å²) in [6, 6.07) is 0. The van der Waals surface area contributed by atoms with E-state index in [-0.39, 0.29) is 110 Å². The van der Waals surface area contributed by atoms with Crippen LogP contribution >= 0.6 is 0 Å². The largest absolute Gasteiger partial charge is 0.748 e. The molecule has 0 aromatic heterocycles. The fourth-order valence-electron chi connectivity index (χ4n) is 24.5. The average molecular weight is 1820 g/mol. The Hall–Kier alpha value is -5.16. The minimum Gasteiger partial charge on any atom is -0.748 e. The van der Waals surface area contributed by atoms with Gasteiger partial charge in [0, 0.05) is 35.5 Å². The summed E-state index contributed by atoms with van der Waals surface area (Å²) >= 11 is 0. The van der Waals surface area contributed by atoms with Crippen molar-refractivity contribution in [2.24, 2.45) is 98.6 Å². The summed E-state index contributed by atoms with van der Waals surface area (Å²) in [7, 11) is -26.3. The molecule has 9 atom stereocenters. The standard InChI is InChI=1S/C15H22O6S.C13H20O7S.C13H20O6S.C13H18O6S.C12H18O6S.C11H18O6S/c16-13(6-14(17)21-1-2-22(18,19)20)15-7-10-3-11(8-15)5-12(4-10)9-15;14-10(20-1-2-21(17,18)19)11-3-9-4-12(15,6-11)8-13(16,5-9)7-11;14-11(19-1-2-20(16,17)18)12-4-9-3-10(5-12)7-13(15,6-9)8-12;14-11-9-3-8-4-10(11)7-13(5-8,6-9)12(15)19-1-2-20(16,17)18;13-11(10-6-8-1-2-9(10)5-8)7-12(14)18-3-4-19(15,16)17;12-10(9-4-2-1-3-5-9)8-11(13)17-6-7-18(14,15)16/h10-12H,1-9H2,(H,18,19,20);9,15-16H,1-8H2,(H,17,18,19);9-10,15H,1-8H2,(H,16,17,18);8-10H,1-7H2,(H,16,17,18);8-10H,1-7H2,(H,15,16,17);9H,1-8H2,(H,14,15,16)/p-6. The molecule has 120 heavy (non-hydrogen) atoms. The summed E-state index contributed by atoms with van der Waals surface area (Å²) in [6.07, 6.45) is 24.7. The molecule has 682 valence electrons. The van der Waals surface area contributed by atoms with Crippen molar-refractivity contribution in [1.29, 1.82) is 0 Å². The second kappa shape index (κ2) is 38.2. The molecule has 0 amide bonds. The van der Waals surface area contributed by atoms with E-state index in [9.17, 15) is 141 Å². The molecule has 0 saturated heterocycles. The van der Waals surface area contributed by atoms with Crippen LogP contribution in [0.2, 0.25) is 0 Å². The smallest absolute Gasteiger partial charge is 0.313 e. The van der Waals surface area contributed by atoms with Crippen LogP contribution in [0.4, 0.5) is 0 Å². The molecular weight excluding hydrogens is 1710 g/mol. The monoisotopic (exact) mass is 1820 g/mol. The number of carbonyl (C=O) groups excluding carboxylic acids is 10. The van der Waals surface area contributed by atoms with Gasteiger partial charge in [0.05, 0.1) is 128 Å². The number of Topliss-reactive ketones (excluding diaryl/α,β-unsaturated/α-hetero) is 4. The number of rotatable bonds is 30. The van der Waals surface area contributed by atoms with E-state index in [2.05, 4.69) is 9.47 Å². The van der Waals surface area contributed by atoms with Crippen molar-refractivity contribution in [2.75, 3.05) is 74.2 Å². The Bertz CT molecular complexity index is 4470. The van der Waals surface area contributed by atoms with Crippen LogP contribution in [0.3, 0.4) is 0 Å². The van der Waals surface area contributed by atoms with Gasteiger partial charge in [-0.2, -0.15) is 0 Å². The summed E-state index contributed by atoms with van der Waals surface area (Å²) in [5.74, 6) is -4.16. The second-order valence-corrected chi connectivity index (χ2v) is 46.7. The topological polar surface area (TPSA) is 630 Å². The van der Waals surface area contributed by atoms with E-state index in [4.69, 9.17) is 18.9 Å². The first-order chi connectivity index (χ1) is 55.5. The van der Waals surface area contributed by atoms with Crippen LogP contribution in [0, 0.1) is 98.6 Å². The maximum atomic E-state index is 12.6. The summed E-state index contributed by atoms with van der Waals surface area (Å²) < 4.78 is 217. The van der Waals surface area contributed by atoms with E-state index in [0.29, 0.717) is 85.9 Å². The average Bonchev–Trinajstić information content (AvgIpc) is 0.775. The normalized spacial score (nSPS) is 35.4. The third-order valence-electron chi connectivity index (χ3n) is 27.6. The number of carbonyl (C=O) groups is 10. The molecule has 19 aliphatic carbocycles. The maximum Gasteiger partial charge on any atom is 0.313 e. The Kier molecular flexibility index (Phi) is 30.9. The molecule has 19 saturated carbocycles. The summed E-state index contributed by atoms with van der Waals surface area (Å²) in [4.78, 5) is 119. The molecule has 19 fully saturated rings. The molecule has 0 aromatic rings. The van der Waals surface area contributed by atoms with Crippen LogP contribution in [0.15, 0.2) is 0 Å². The minimum absolute atomic E-state index is 0.0305. The Morgan fingerprint density at radius 3 is 1.05 bits per heavy atom. The van der Waals surface area contributed by atoms with Crippen molar-refractivity contribution in [3.63, 3.8) is 0 Å². The number of aliphatic hydroxyl groups is 3. The zero-order valence-electron chi connectivity index (χ0n) is 66.9. The van der Waals surface area contributed by atoms with Crippen LogP contribution in [0.5, 0.6) is 0 Å². The zero-order valence-corrected chi connectivity index (χ0v) is 71.8. The Balaban J connectivity index is 0.000000151. The Morgan fingerprint density at radius 1 is 0.317 bits per heavy atom. The fourth-order valence-corrected chi connectivity index (χ4v) is 26.2. The second-order valence-electron chi connectivity index (χ2n) is 37.6. The molecule has 19 aliphatic rings. The van der Waals surface area contributed by atoms with E-state index in [1.54, 1.807) is 0 Å². The molecular formula is C77H110O37S6-6. The summed E-state index contributed by atoms with van der Waals surface area (Å²) in [5, 5.41) is 31.6. The van der Waals surface area contributed by atoms with Gasteiger partial charge in [0.25, 0.3) is 0 Å². The first-order valence-corrected chi connectivity index (χ1v) is 50.9. The van der Waals surface area contributed by atoms with E-state index in [1.807, 2.05) is 0 Å². The van der Waals surface area contributed by atoms with Crippen LogP contribution in [-0.4, -0.2) is 243 Å². The highest BCUT2D eigenvalue weighted by Gasteiger charge is 2.67. The van der Waals surface area contributed by atoms with Gasteiger partial charge in [0.15, 0.2) is 0 Å². The summed E-state index contributed by atoms with van der Waals surface area (Å²) in [6.45, 7) is -2.69. The molecule has 0 spiro atoms. The molecule has 43 heteroatoms. The van der Waals surface area contributed by atoms with E-state index < -0.39 is 191 Å². The van der Waals surface area contributed by atoms with Gasteiger partial charge >= 0.3 is 35.8 Å². The molecule has 0 heterocycles. The molecule has 37 nitrogen and oxygen atoms in total. The number of esters is 6. The van der Waals surface area contributed by atoms with E-state index in [0.717, 1.165) is 122 Å². The third-order valence-corrected chi connectivity index (χ3v) is 31.6. The van der Waals surface area contributed by atoms with Gasteiger partial charge in [-0.1, -0.05) is 25.7 Å². The number of ketones is 4. The molecule has 0 aliphatic heterocycles. The third kappa shape index (κ3) is 27.4. The van der Waals surface area contributed by atoms with Crippen LogP contribution in [0.25, 0.3) is 0 Å². The Morgan fingerprint density at radius 2 is 0.658 bits per heavy atom. The minimum atomic E-state index is -4.43. The number of hydrogen-bond acceptors (Lipinski definition) is 37. The SMILES string of the molecule is O=C(CC(=O)C12CC3CC(CC(C3)C1)C2)OCCS(=O)(=O)[O-].O=C(CC(=O)C1CC2CCC1C2)OCCS(=O)(=O)[O-].O=C(CC(=O)C1CCCCC1)OCCS(=O)(=O)[O-].O=C(OCCS(=O)(=O)[O-])C12CC3CC(CC(O)(C3)C1)C2.O=C(OCCS(=O)(=O)[O-])C12CC3CC(O)(CC(O)(C3)C1)C2.O=C1C2CC3CC1CC(C(=O)OCCS(=O)(=O)[O-])(C3)C2. The predicted molar refractivity (Wildman–Crippen MR) is 405 cm³/mol. The first kappa shape index (κ1) is 97.0. The molecule has 9 unspecified atom stereocenters. The van der Waals surface area contributed by atoms with Gasteiger partial charge in [-0.05, 0) is 227 Å². The van der Waals surface area contributed by atoms with Crippen LogP contribution in [-0.2, 0) is 137 Å². The van der Waals surface area contributed by atoms with Crippen molar-refractivity contribution in [3.8, 4) is 0 Å². The lowest BCUT2D eigenvalue weighted by Crippen LogP contribution is -2.65. The molecule has 19 rings (SSSR count). The van der Waals surface area contributed by atoms with E-state index >= 15 is 0 Å². The highest BCUT2D eigenvalue weighted by atomic mass is 32.2. The maximum absolute atomic E-state index is 12.6. The van der Waals surface area contributed by atoms with Crippen molar-refractivity contribution in [1.82, 2.24) is 0 Å². The number of ether oxygens (including phenoxy) is 6. The quantitative estimate of drug-likeness (QED) is 0.0403. The van der Waals surface area contributed by atoms with Crippen molar-refractivity contribution in [3.05, 3.63) is 0 Å². The van der Waals surface area contributed by atoms with E-state index in [1.165, 1.54) is 25.7 Å². The fraction of sp³-hybridized carbons (Fsp3) is 0.870.